The Bertz CT molecular complexity index is 1310. The van der Waals surface area contributed by atoms with Gasteiger partial charge in [-0.3, -0.25) is 9.00 Å². The SMILES string of the molecule is O=C(NCc1ccc(C(C2CC2)S(=O)[O-])cc1)c1ccc(C(OCc2ccccc2)(C(F)(F)F)C(F)(F)F)cc1. The summed E-state index contributed by atoms with van der Waals surface area (Å²) in [5, 5.41) is 1.95. The van der Waals surface area contributed by atoms with Crippen LogP contribution in [-0.4, -0.2) is 27.0 Å². The van der Waals surface area contributed by atoms with Gasteiger partial charge < -0.3 is 14.6 Å². The fourth-order valence-corrected chi connectivity index (χ4v) is 5.37. The second-order valence-electron chi connectivity index (χ2n) is 9.47. The van der Waals surface area contributed by atoms with E-state index in [0.29, 0.717) is 23.3 Å². The van der Waals surface area contributed by atoms with Crippen molar-refractivity contribution in [3.63, 3.8) is 0 Å². The molecule has 1 amide bonds. The van der Waals surface area contributed by atoms with Gasteiger partial charge in [0.2, 0.25) is 0 Å². The summed E-state index contributed by atoms with van der Waals surface area (Å²) in [7, 11) is 0. The molecule has 214 valence electrons. The molecule has 5 nitrogen and oxygen atoms in total. The normalized spacial score (nSPS) is 15.9. The van der Waals surface area contributed by atoms with Gasteiger partial charge in [0, 0.05) is 22.9 Å². The molecule has 3 aromatic carbocycles. The number of ether oxygens (including phenoxy) is 1. The first-order valence-electron chi connectivity index (χ1n) is 12.2. The summed E-state index contributed by atoms with van der Waals surface area (Å²) in [6.45, 7) is -0.947. The highest BCUT2D eigenvalue weighted by Crippen LogP contribution is 2.53. The van der Waals surface area contributed by atoms with Crippen LogP contribution in [0.1, 0.15) is 50.7 Å². The van der Waals surface area contributed by atoms with Crippen molar-refractivity contribution in [2.75, 3.05) is 0 Å². The molecule has 0 aliphatic heterocycles. The highest BCUT2D eigenvalue weighted by molar-refractivity contribution is 7.79. The molecule has 0 aromatic heterocycles. The van der Waals surface area contributed by atoms with Crippen LogP contribution in [0.2, 0.25) is 0 Å². The number of amides is 1. The number of carbonyl (C=O) groups excluding carboxylic acids is 1. The zero-order chi connectivity index (χ0) is 29.1. The first kappa shape index (κ1) is 29.8. The summed E-state index contributed by atoms with van der Waals surface area (Å²) < 4.78 is 112. The van der Waals surface area contributed by atoms with Crippen molar-refractivity contribution in [1.29, 1.82) is 0 Å². The number of nitrogens with one attached hydrogen (secondary N) is 1. The Hall–Kier alpha value is -3.22. The number of halogens is 6. The van der Waals surface area contributed by atoms with Crippen LogP contribution in [0.15, 0.2) is 78.9 Å². The van der Waals surface area contributed by atoms with Crippen LogP contribution in [0, 0.1) is 5.92 Å². The van der Waals surface area contributed by atoms with E-state index >= 15 is 0 Å². The summed E-state index contributed by atoms with van der Waals surface area (Å²) in [6.07, 6.45) is -10.0. The lowest BCUT2D eigenvalue weighted by Gasteiger charge is -2.37. The fourth-order valence-electron chi connectivity index (χ4n) is 4.41. The molecule has 1 saturated carbocycles. The van der Waals surface area contributed by atoms with Crippen molar-refractivity contribution in [3.05, 3.63) is 107 Å². The van der Waals surface area contributed by atoms with E-state index in [0.717, 1.165) is 25.0 Å². The topological polar surface area (TPSA) is 78.5 Å². The van der Waals surface area contributed by atoms with E-state index in [1.807, 2.05) is 0 Å². The highest BCUT2D eigenvalue weighted by Gasteiger charge is 2.73. The lowest BCUT2D eigenvalue weighted by atomic mass is 9.90. The smallest absolute Gasteiger partial charge is 0.430 e. The van der Waals surface area contributed by atoms with Crippen LogP contribution in [0.4, 0.5) is 26.3 Å². The second kappa shape index (κ2) is 11.7. The van der Waals surface area contributed by atoms with E-state index in [-0.39, 0.29) is 23.6 Å². The van der Waals surface area contributed by atoms with Gasteiger partial charge in [0.1, 0.15) is 0 Å². The van der Waals surface area contributed by atoms with Gasteiger partial charge in [-0.2, -0.15) is 26.3 Å². The van der Waals surface area contributed by atoms with Crippen LogP contribution in [0.25, 0.3) is 0 Å². The molecular formula is C28H24F6NO4S-. The lowest BCUT2D eigenvalue weighted by Crippen LogP contribution is -2.55. The predicted molar refractivity (Wildman–Crippen MR) is 133 cm³/mol. The van der Waals surface area contributed by atoms with Crippen molar-refractivity contribution in [3.8, 4) is 0 Å². The highest BCUT2D eigenvalue weighted by atomic mass is 32.2. The zero-order valence-electron chi connectivity index (χ0n) is 20.8. The van der Waals surface area contributed by atoms with Crippen LogP contribution in [0.5, 0.6) is 0 Å². The number of alkyl halides is 6. The third-order valence-electron chi connectivity index (χ3n) is 6.67. The molecule has 1 aliphatic rings. The van der Waals surface area contributed by atoms with E-state index in [1.54, 1.807) is 30.3 Å². The summed E-state index contributed by atoms with van der Waals surface area (Å²) in [5.41, 5.74) is -4.60. The molecule has 3 aromatic rings. The Morgan fingerprint density at radius 2 is 1.45 bits per heavy atom. The molecule has 2 atom stereocenters. The Morgan fingerprint density at radius 3 is 1.95 bits per heavy atom. The molecule has 0 saturated heterocycles. The maximum atomic E-state index is 14.0. The van der Waals surface area contributed by atoms with Gasteiger partial charge in [-0.05, 0) is 58.7 Å². The maximum Gasteiger partial charge on any atom is 0.430 e. The molecule has 0 radical (unpaired) electrons. The van der Waals surface area contributed by atoms with Crippen LogP contribution in [0.3, 0.4) is 0 Å². The third kappa shape index (κ3) is 6.39. The first-order chi connectivity index (χ1) is 18.8. The number of carbonyl (C=O) groups is 1. The molecule has 1 N–H and O–H groups in total. The average molecular weight is 585 g/mol. The van der Waals surface area contributed by atoms with Crippen molar-refractivity contribution in [1.82, 2.24) is 5.32 Å². The molecule has 2 unspecified atom stereocenters. The Kier molecular flexibility index (Phi) is 8.72. The van der Waals surface area contributed by atoms with Gasteiger partial charge in [-0.25, -0.2) is 0 Å². The van der Waals surface area contributed by atoms with E-state index in [1.165, 1.54) is 24.3 Å². The summed E-state index contributed by atoms with van der Waals surface area (Å²) in [4.78, 5) is 12.6. The quantitative estimate of drug-likeness (QED) is 0.219. The van der Waals surface area contributed by atoms with Crippen LogP contribution >= 0.6 is 0 Å². The van der Waals surface area contributed by atoms with Gasteiger partial charge in [-0.1, -0.05) is 66.7 Å². The Morgan fingerprint density at radius 1 is 0.875 bits per heavy atom. The molecule has 4 rings (SSSR count). The molecule has 0 bridgehead atoms. The van der Waals surface area contributed by atoms with Crippen molar-refractivity contribution in [2.45, 2.75) is 49.2 Å². The largest absolute Gasteiger partial charge is 0.772 e. The summed E-state index contributed by atoms with van der Waals surface area (Å²) in [5.74, 6) is -0.633. The average Bonchev–Trinajstić information content (AvgIpc) is 3.73. The van der Waals surface area contributed by atoms with Crippen LogP contribution < -0.4 is 5.32 Å². The van der Waals surface area contributed by atoms with E-state index in [4.69, 9.17) is 0 Å². The van der Waals surface area contributed by atoms with Crippen molar-refractivity contribution in [2.24, 2.45) is 5.92 Å². The van der Waals surface area contributed by atoms with Crippen molar-refractivity contribution < 1.29 is 44.6 Å². The minimum Gasteiger partial charge on any atom is -0.772 e. The zero-order valence-corrected chi connectivity index (χ0v) is 21.6. The first-order valence-corrected chi connectivity index (χ1v) is 13.3. The van der Waals surface area contributed by atoms with Gasteiger partial charge in [0.25, 0.3) is 11.5 Å². The Balaban J connectivity index is 1.48. The molecule has 12 heteroatoms. The molecule has 1 aliphatic carbocycles. The minimum absolute atomic E-state index is 0.00461. The lowest BCUT2D eigenvalue weighted by molar-refractivity contribution is -0.392. The van der Waals surface area contributed by atoms with E-state index < -0.39 is 52.4 Å². The standard InChI is InChI=1S/C28H25F6NO4S/c29-27(30,31)26(28(32,33)34,39-17-19-4-2-1-3-5-19)23-14-12-22(13-15-23)25(36)35-16-18-6-8-20(9-7-18)24(40(37)38)21-10-11-21/h1-9,12-15,21,24H,10-11,16-17H2,(H,35,36)(H,37,38)/p-1. The van der Waals surface area contributed by atoms with Gasteiger partial charge in [-0.15, -0.1) is 0 Å². The minimum atomic E-state index is -5.85. The van der Waals surface area contributed by atoms with Gasteiger partial charge in [0.05, 0.1) is 6.61 Å². The molecule has 0 spiro atoms. The van der Waals surface area contributed by atoms with Crippen LogP contribution in [-0.2, 0) is 34.6 Å². The summed E-state index contributed by atoms with van der Waals surface area (Å²) in [6, 6.07) is 16.7. The molecule has 0 heterocycles. The molecule has 40 heavy (non-hydrogen) atoms. The number of hydrogen-bond acceptors (Lipinski definition) is 4. The molecular weight excluding hydrogens is 560 g/mol. The second-order valence-corrected chi connectivity index (χ2v) is 10.5. The Labute approximate surface area is 228 Å². The molecule has 1 fully saturated rings. The number of benzene rings is 3. The predicted octanol–water partition coefficient (Wildman–Crippen LogP) is 6.48. The maximum absolute atomic E-state index is 14.0. The number of rotatable bonds is 10. The monoisotopic (exact) mass is 584 g/mol. The number of hydrogen-bond donors (Lipinski definition) is 1. The third-order valence-corrected chi connectivity index (χ3v) is 7.74. The summed E-state index contributed by atoms with van der Waals surface area (Å²) >= 11 is -2.27. The van der Waals surface area contributed by atoms with Gasteiger partial charge in [0.15, 0.2) is 0 Å². The van der Waals surface area contributed by atoms with Gasteiger partial charge >= 0.3 is 12.4 Å². The van der Waals surface area contributed by atoms with E-state index in [2.05, 4.69) is 10.1 Å². The van der Waals surface area contributed by atoms with E-state index in [9.17, 15) is 39.9 Å². The van der Waals surface area contributed by atoms with Crippen molar-refractivity contribution >= 4 is 17.0 Å². The fraction of sp³-hybridized carbons (Fsp3) is 0.321.